The second kappa shape index (κ2) is 6.84. The summed E-state index contributed by atoms with van der Waals surface area (Å²) < 4.78 is 7.22. The molecule has 6 nitrogen and oxygen atoms in total. The molecule has 0 N–H and O–H groups in total. The van der Waals surface area contributed by atoms with Gasteiger partial charge in [-0.05, 0) is 6.04 Å². The van der Waals surface area contributed by atoms with Crippen LogP contribution in [0, 0.1) is 10.1 Å². The predicted molar refractivity (Wildman–Crippen MR) is 88.4 cm³/mol. The summed E-state index contributed by atoms with van der Waals surface area (Å²) in [5.41, 5.74) is 1.25. The summed E-state index contributed by atoms with van der Waals surface area (Å²) >= 11 is 0. The van der Waals surface area contributed by atoms with Gasteiger partial charge in [0.25, 0.3) is 0 Å². The quantitative estimate of drug-likeness (QED) is 0.337. The lowest BCUT2D eigenvalue weighted by molar-refractivity contribution is -0.384. The molecule has 0 aliphatic carbocycles. The van der Waals surface area contributed by atoms with Crippen LogP contribution in [0.4, 0.5) is 5.69 Å². The summed E-state index contributed by atoms with van der Waals surface area (Å²) in [5, 5.41) is 15.3. The Morgan fingerprint density at radius 3 is 2.55 bits per heavy atom. The van der Waals surface area contributed by atoms with E-state index in [1.807, 2.05) is 30.3 Å². The largest absolute Gasteiger partial charge is 0.360 e. The van der Waals surface area contributed by atoms with Gasteiger partial charge in [-0.1, -0.05) is 50.0 Å². The van der Waals surface area contributed by atoms with Crippen molar-refractivity contribution in [3.05, 3.63) is 46.6 Å². The molecular weight excluding hydrogens is 298 g/mol. The average Bonchev–Trinajstić information content (AvgIpc) is 2.87. The Bertz CT molecular complexity index is 635. The van der Waals surface area contributed by atoms with Crippen LogP contribution in [0.15, 0.2) is 36.5 Å². The molecule has 2 aromatic rings. The number of benzene rings is 1. The third-order valence-electron chi connectivity index (χ3n) is 3.27. The van der Waals surface area contributed by atoms with Gasteiger partial charge in [-0.3, -0.25) is 10.1 Å². The molecule has 1 heterocycles. The topological polar surface area (TPSA) is 70.2 Å². The highest BCUT2D eigenvalue weighted by Gasteiger charge is 2.22. The second-order valence-electron chi connectivity index (χ2n) is 6.35. The molecule has 2 rings (SSSR count). The van der Waals surface area contributed by atoms with Crippen LogP contribution in [0.2, 0.25) is 25.7 Å². The summed E-state index contributed by atoms with van der Waals surface area (Å²) in [4.78, 5) is 10.8. The summed E-state index contributed by atoms with van der Waals surface area (Å²) in [7, 11) is -1.15. The zero-order valence-electron chi connectivity index (χ0n) is 13.2. The number of nitrogens with zero attached hydrogens (tertiary/aromatic N) is 3. The Morgan fingerprint density at radius 1 is 1.27 bits per heavy atom. The molecule has 0 bridgehead atoms. The smallest absolute Gasteiger partial charge is 0.315 e. The highest BCUT2D eigenvalue weighted by Crippen LogP contribution is 2.29. The molecule has 1 aromatic carbocycles. The lowest BCUT2D eigenvalue weighted by Gasteiger charge is -2.15. The molecule has 0 atom stereocenters. The van der Waals surface area contributed by atoms with E-state index < -0.39 is 13.0 Å². The highest BCUT2D eigenvalue weighted by atomic mass is 28.3. The van der Waals surface area contributed by atoms with Crippen molar-refractivity contribution in [3.63, 3.8) is 0 Å². The zero-order chi connectivity index (χ0) is 16.2. The van der Waals surface area contributed by atoms with E-state index >= 15 is 0 Å². The van der Waals surface area contributed by atoms with Crippen LogP contribution in [0.1, 0.15) is 0 Å². The molecule has 0 saturated heterocycles. The van der Waals surface area contributed by atoms with Gasteiger partial charge in [0.1, 0.15) is 18.6 Å². The summed E-state index contributed by atoms with van der Waals surface area (Å²) in [6, 6.07) is 10.3. The van der Waals surface area contributed by atoms with E-state index in [1.165, 1.54) is 6.20 Å². The Labute approximate surface area is 130 Å². The van der Waals surface area contributed by atoms with Gasteiger partial charge in [-0.25, -0.2) is 4.68 Å². The van der Waals surface area contributed by atoms with Crippen LogP contribution >= 0.6 is 0 Å². The molecule has 0 saturated carbocycles. The van der Waals surface area contributed by atoms with Crippen LogP contribution < -0.4 is 0 Å². The minimum Gasteiger partial charge on any atom is -0.360 e. The molecular formula is C15H21N3O3Si. The molecule has 22 heavy (non-hydrogen) atoms. The normalized spacial score (nSPS) is 11.6. The molecule has 1 aromatic heterocycles. The second-order valence-corrected chi connectivity index (χ2v) is 12.0. The maximum atomic E-state index is 11.2. The highest BCUT2D eigenvalue weighted by molar-refractivity contribution is 6.76. The number of ether oxygens (including phenoxy) is 1. The summed E-state index contributed by atoms with van der Waals surface area (Å²) in [5.74, 6) is 0. The van der Waals surface area contributed by atoms with Crippen molar-refractivity contribution >= 4 is 13.8 Å². The van der Waals surface area contributed by atoms with E-state index in [2.05, 4.69) is 24.7 Å². The fourth-order valence-corrected chi connectivity index (χ4v) is 2.79. The Morgan fingerprint density at radius 2 is 1.95 bits per heavy atom. The lowest BCUT2D eigenvalue weighted by atomic mass is 10.1. The maximum absolute atomic E-state index is 11.2. The third kappa shape index (κ3) is 4.25. The van der Waals surface area contributed by atoms with Gasteiger partial charge < -0.3 is 4.74 Å². The average molecular weight is 319 g/mol. The van der Waals surface area contributed by atoms with E-state index in [1.54, 1.807) is 4.68 Å². The van der Waals surface area contributed by atoms with Crippen molar-refractivity contribution in [2.45, 2.75) is 32.4 Å². The Kier molecular flexibility index (Phi) is 5.10. The van der Waals surface area contributed by atoms with Crippen molar-refractivity contribution in [1.82, 2.24) is 9.78 Å². The van der Waals surface area contributed by atoms with Gasteiger partial charge in [-0.15, -0.1) is 0 Å². The van der Waals surface area contributed by atoms with Gasteiger partial charge in [0, 0.05) is 20.2 Å². The van der Waals surface area contributed by atoms with Crippen LogP contribution in [-0.2, 0) is 11.5 Å². The van der Waals surface area contributed by atoms with Crippen LogP contribution in [0.25, 0.3) is 11.3 Å². The van der Waals surface area contributed by atoms with E-state index in [0.717, 1.165) is 11.6 Å². The summed E-state index contributed by atoms with van der Waals surface area (Å²) in [6.45, 7) is 7.72. The molecule has 0 unspecified atom stereocenters. The van der Waals surface area contributed by atoms with Crippen molar-refractivity contribution < 1.29 is 9.66 Å². The first-order valence-electron chi connectivity index (χ1n) is 7.22. The Balaban J connectivity index is 2.17. The SMILES string of the molecule is C[Si](C)(C)CCOCn1ncc([N+](=O)[O-])c1-c1ccccc1. The van der Waals surface area contributed by atoms with E-state index in [9.17, 15) is 10.1 Å². The zero-order valence-corrected chi connectivity index (χ0v) is 14.2. The van der Waals surface area contributed by atoms with Gasteiger partial charge in [0.15, 0.2) is 0 Å². The Hall–Kier alpha value is -1.99. The minimum absolute atomic E-state index is 0.00000335. The molecule has 0 radical (unpaired) electrons. The van der Waals surface area contributed by atoms with E-state index in [4.69, 9.17) is 4.74 Å². The lowest BCUT2D eigenvalue weighted by Crippen LogP contribution is -2.22. The van der Waals surface area contributed by atoms with Crippen molar-refractivity contribution in [3.8, 4) is 11.3 Å². The molecule has 7 heteroatoms. The fraction of sp³-hybridized carbons (Fsp3) is 0.400. The number of hydrogen-bond acceptors (Lipinski definition) is 4. The third-order valence-corrected chi connectivity index (χ3v) is 4.98. The molecule has 0 aliphatic heterocycles. The first-order valence-corrected chi connectivity index (χ1v) is 10.9. The number of aromatic nitrogens is 2. The van der Waals surface area contributed by atoms with Gasteiger partial charge >= 0.3 is 5.69 Å². The first-order chi connectivity index (χ1) is 10.4. The minimum atomic E-state index is -1.15. The van der Waals surface area contributed by atoms with Crippen molar-refractivity contribution in [2.75, 3.05) is 6.61 Å². The fourth-order valence-electron chi connectivity index (χ4n) is 2.03. The standard InChI is InChI=1S/C15H21N3O3Si/c1-22(2,3)10-9-21-12-17-15(13-7-5-4-6-8-13)14(11-16-17)18(19)20/h4-8,11H,9-10,12H2,1-3H3. The molecule has 0 fully saturated rings. The van der Waals surface area contributed by atoms with Gasteiger partial charge in [-0.2, -0.15) is 5.10 Å². The van der Waals surface area contributed by atoms with Crippen molar-refractivity contribution in [1.29, 1.82) is 0 Å². The molecule has 0 aliphatic rings. The van der Waals surface area contributed by atoms with Gasteiger partial charge in [0.2, 0.25) is 0 Å². The van der Waals surface area contributed by atoms with Gasteiger partial charge in [0.05, 0.1) is 4.92 Å². The molecule has 0 amide bonds. The molecule has 0 spiro atoms. The number of hydrogen-bond donors (Lipinski definition) is 0. The predicted octanol–water partition coefficient (Wildman–Crippen LogP) is 3.77. The van der Waals surface area contributed by atoms with Crippen LogP contribution in [0.3, 0.4) is 0 Å². The first kappa shape index (κ1) is 16.4. The number of nitro groups is 1. The number of rotatable bonds is 7. The van der Waals surface area contributed by atoms with E-state index in [-0.39, 0.29) is 12.4 Å². The maximum Gasteiger partial charge on any atom is 0.315 e. The monoisotopic (exact) mass is 319 g/mol. The van der Waals surface area contributed by atoms with Crippen LogP contribution in [0.5, 0.6) is 0 Å². The molecule has 118 valence electrons. The van der Waals surface area contributed by atoms with Crippen LogP contribution in [-0.4, -0.2) is 29.4 Å². The van der Waals surface area contributed by atoms with Crippen molar-refractivity contribution in [2.24, 2.45) is 0 Å². The summed E-state index contributed by atoms with van der Waals surface area (Å²) in [6.07, 6.45) is 1.28. The van der Waals surface area contributed by atoms with E-state index in [0.29, 0.717) is 12.3 Å².